The van der Waals surface area contributed by atoms with Crippen LogP contribution in [0.1, 0.15) is 20.3 Å². The monoisotopic (exact) mass is 186 g/mol. The van der Waals surface area contributed by atoms with Gasteiger partial charge in [0.25, 0.3) is 0 Å². The maximum Gasteiger partial charge on any atom is 0.333 e. The number of hydrogen-bond acceptors (Lipinski definition) is 4. The van der Waals surface area contributed by atoms with Crippen molar-refractivity contribution < 1.29 is 19.1 Å². The predicted octanol–water partition coefficient (Wildman–Crippen LogP) is 1.26. The number of carbonyl (C=O) groups is 2. The van der Waals surface area contributed by atoms with Crippen molar-refractivity contribution in [1.82, 2.24) is 0 Å². The molecule has 1 atom stereocenters. The molecule has 0 aliphatic heterocycles. The molecular weight excluding hydrogens is 172 g/mol. The van der Waals surface area contributed by atoms with Crippen LogP contribution in [0.5, 0.6) is 0 Å². The van der Waals surface area contributed by atoms with Crippen LogP contribution in [0.15, 0.2) is 12.7 Å². The Morgan fingerprint density at radius 1 is 1.46 bits per heavy atom. The van der Waals surface area contributed by atoms with E-state index in [4.69, 9.17) is 0 Å². The van der Waals surface area contributed by atoms with Gasteiger partial charge in [0.15, 0.2) is 0 Å². The molecule has 0 saturated carbocycles. The summed E-state index contributed by atoms with van der Waals surface area (Å²) in [6.07, 6.45) is 1.71. The second kappa shape index (κ2) is 6.22. The maximum atomic E-state index is 11.0. The number of hydrogen-bond donors (Lipinski definition) is 0. The molecule has 0 aromatic carbocycles. The van der Waals surface area contributed by atoms with E-state index in [1.165, 1.54) is 0 Å². The highest BCUT2D eigenvalue weighted by molar-refractivity contribution is 5.81. The minimum absolute atomic E-state index is 0.164. The largest absolute Gasteiger partial charge is 0.428 e. The van der Waals surface area contributed by atoms with Crippen LogP contribution in [0.25, 0.3) is 0 Å². The molecule has 0 rings (SSSR count). The van der Waals surface area contributed by atoms with Crippen molar-refractivity contribution >= 4 is 11.9 Å². The van der Waals surface area contributed by atoms with Crippen LogP contribution in [-0.2, 0) is 19.1 Å². The van der Waals surface area contributed by atoms with Crippen molar-refractivity contribution in [2.75, 3.05) is 6.79 Å². The molecule has 13 heavy (non-hydrogen) atoms. The van der Waals surface area contributed by atoms with E-state index in [-0.39, 0.29) is 18.7 Å². The first-order chi connectivity index (χ1) is 6.11. The molecule has 74 valence electrons. The molecule has 0 radical (unpaired) electrons. The predicted molar refractivity (Wildman–Crippen MR) is 46.7 cm³/mol. The van der Waals surface area contributed by atoms with E-state index in [0.717, 1.165) is 6.08 Å². The summed E-state index contributed by atoms with van der Waals surface area (Å²) in [5.74, 6) is -1.13. The third-order valence-electron chi connectivity index (χ3n) is 1.58. The molecule has 1 unspecified atom stereocenters. The topological polar surface area (TPSA) is 52.6 Å². The Balaban J connectivity index is 3.59. The quantitative estimate of drug-likeness (QED) is 0.368. The molecule has 0 saturated heterocycles. The summed E-state index contributed by atoms with van der Waals surface area (Å²) in [4.78, 5) is 21.5. The van der Waals surface area contributed by atoms with E-state index in [2.05, 4.69) is 16.1 Å². The minimum Gasteiger partial charge on any atom is -0.428 e. The number of esters is 2. The molecule has 0 fully saturated rings. The third-order valence-corrected chi connectivity index (χ3v) is 1.58. The first kappa shape index (κ1) is 11.7. The van der Waals surface area contributed by atoms with Crippen LogP contribution in [-0.4, -0.2) is 18.7 Å². The molecule has 0 heterocycles. The highest BCUT2D eigenvalue weighted by Crippen LogP contribution is 2.02. The van der Waals surface area contributed by atoms with E-state index < -0.39 is 5.97 Å². The molecular formula is C9H14O4. The highest BCUT2D eigenvalue weighted by atomic mass is 16.7. The Morgan fingerprint density at radius 3 is 2.54 bits per heavy atom. The molecule has 0 aliphatic rings. The van der Waals surface area contributed by atoms with Gasteiger partial charge < -0.3 is 9.47 Å². The fourth-order valence-electron chi connectivity index (χ4n) is 0.513. The fourth-order valence-corrected chi connectivity index (χ4v) is 0.513. The van der Waals surface area contributed by atoms with Crippen LogP contribution in [0.3, 0.4) is 0 Å². The molecule has 4 nitrogen and oxygen atoms in total. The maximum absolute atomic E-state index is 11.0. The van der Waals surface area contributed by atoms with Crippen molar-refractivity contribution in [1.29, 1.82) is 0 Å². The third kappa shape index (κ3) is 5.00. The highest BCUT2D eigenvalue weighted by Gasteiger charge is 2.11. The standard InChI is InChI=1S/C9H14O4/c1-4-7(3)9(11)13-6-12-8(10)5-2/h5,7H,2,4,6H2,1,3H3. The summed E-state index contributed by atoms with van der Waals surface area (Å²) in [5.41, 5.74) is 0. The molecule has 0 aliphatic carbocycles. The average Bonchev–Trinajstić information content (AvgIpc) is 2.15. The van der Waals surface area contributed by atoms with Gasteiger partial charge in [-0.3, -0.25) is 4.79 Å². The van der Waals surface area contributed by atoms with Crippen molar-refractivity contribution in [3.05, 3.63) is 12.7 Å². The lowest BCUT2D eigenvalue weighted by atomic mass is 10.1. The van der Waals surface area contributed by atoms with E-state index in [1.807, 2.05) is 6.92 Å². The Kier molecular flexibility index (Phi) is 5.59. The average molecular weight is 186 g/mol. The molecule has 0 bridgehead atoms. The summed E-state index contributed by atoms with van der Waals surface area (Å²) in [6, 6.07) is 0. The second-order valence-corrected chi connectivity index (χ2v) is 2.56. The summed E-state index contributed by atoms with van der Waals surface area (Å²) >= 11 is 0. The molecule has 0 N–H and O–H groups in total. The van der Waals surface area contributed by atoms with Gasteiger partial charge in [-0.1, -0.05) is 20.4 Å². The molecule has 0 spiro atoms. The summed E-state index contributed by atoms with van der Waals surface area (Å²) in [6.45, 7) is 6.48. The van der Waals surface area contributed by atoms with Gasteiger partial charge in [0.05, 0.1) is 5.92 Å². The summed E-state index contributed by atoms with van der Waals surface area (Å²) in [5, 5.41) is 0. The lowest BCUT2D eigenvalue weighted by Gasteiger charge is -2.08. The van der Waals surface area contributed by atoms with Crippen LogP contribution in [0.4, 0.5) is 0 Å². The Hall–Kier alpha value is -1.32. The summed E-state index contributed by atoms with van der Waals surface area (Å²) < 4.78 is 9.09. The smallest absolute Gasteiger partial charge is 0.333 e. The fraction of sp³-hybridized carbons (Fsp3) is 0.556. The number of rotatable bonds is 5. The van der Waals surface area contributed by atoms with E-state index in [9.17, 15) is 9.59 Å². The Bertz CT molecular complexity index is 198. The van der Waals surface area contributed by atoms with Gasteiger partial charge in [0.2, 0.25) is 6.79 Å². The van der Waals surface area contributed by atoms with Gasteiger partial charge in [0.1, 0.15) is 0 Å². The van der Waals surface area contributed by atoms with Gasteiger partial charge in [-0.05, 0) is 6.42 Å². The molecule has 0 aromatic heterocycles. The zero-order chi connectivity index (χ0) is 10.3. The van der Waals surface area contributed by atoms with Crippen molar-refractivity contribution in [3.8, 4) is 0 Å². The normalized spacial score (nSPS) is 11.5. The van der Waals surface area contributed by atoms with Crippen LogP contribution in [0.2, 0.25) is 0 Å². The second-order valence-electron chi connectivity index (χ2n) is 2.56. The Labute approximate surface area is 77.5 Å². The first-order valence-corrected chi connectivity index (χ1v) is 4.07. The van der Waals surface area contributed by atoms with Gasteiger partial charge in [0, 0.05) is 6.08 Å². The zero-order valence-corrected chi connectivity index (χ0v) is 7.91. The van der Waals surface area contributed by atoms with E-state index in [0.29, 0.717) is 6.42 Å². The van der Waals surface area contributed by atoms with Gasteiger partial charge >= 0.3 is 11.9 Å². The first-order valence-electron chi connectivity index (χ1n) is 4.07. The number of ether oxygens (including phenoxy) is 2. The lowest BCUT2D eigenvalue weighted by molar-refractivity contribution is -0.166. The van der Waals surface area contributed by atoms with Crippen molar-refractivity contribution in [2.24, 2.45) is 5.92 Å². The SMILES string of the molecule is C=CC(=O)OCOC(=O)C(C)CC. The zero-order valence-electron chi connectivity index (χ0n) is 7.91. The van der Waals surface area contributed by atoms with Crippen LogP contribution < -0.4 is 0 Å². The van der Waals surface area contributed by atoms with Gasteiger partial charge in [-0.15, -0.1) is 0 Å². The van der Waals surface area contributed by atoms with Crippen molar-refractivity contribution in [2.45, 2.75) is 20.3 Å². The van der Waals surface area contributed by atoms with Crippen LogP contribution >= 0.6 is 0 Å². The van der Waals surface area contributed by atoms with Gasteiger partial charge in [-0.25, -0.2) is 4.79 Å². The van der Waals surface area contributed by atoms with E-state index >= 15 is 0 Å². The molecule has 4 heteroatoms. The minimum atomic E-state index is -0.600. The Morgan fingerprint density at radius 2 is 2.08 bits per heavy atom. The molecule has 0 amide bonds. The van der Waals surface area contributed by atoms with Gasteiger partial charge in [-0.2, -0.15) is 0 Å². The van der Waals surface area contributed by atoms with Crippen LogP contribution in [0, 0.1) is 5.92 Å². The lowest BCUT2D eigenvalue weighted by Crippen LogP contribution is -2.17. The van der Waals surface area contributed by atoms with Crippen molar-refractivity contribution in [3.63, 3.8) is 0 Å². The number of carbonyl (C=O) groups excluding carboxylic acids is 2. The van der Waals surface area contributed by atoms with E-state index in [1.54, 1.807) is 6.92 Å². The summed E-state index contributed by atoms with van der Waals surface area (Å²) in [7, 11) is 0. The molecule has 0 aromatic rings.